The fourth-order valence-corrected chi connectivity index (χ4v) is 2.84. The first-order chi connectivity index (χ1) is 13.0. The number of rotatable bonds is 6. The van der Waals surface area contributed by atoms with Gasteiger partial charge in [0.1, 0.15) is 11.5 Å². The zero-order valence-electron chi connectivity index (χ0n) is 14.8. The highest BCUT2D eigenvalue weighted by atomic mass is 79.9. The molecule has 2 N–H and O–H groups in total. The third kappa shape index (κ3) is 5.08. The Bertz CT molecular complexity index is 948. The smallest absolute Gasteiger partial charge is 0.251 e. The topological polar surface area (TPSA) is 71.3 Å². The molecule has 27 heavy (non-hydrogen) atoms. The summed E-state index contributed by atoms with van der Waals surface area (Å²) >= 11 is 3.40. The molecule has 138 valence electrons. The van der Waals surface area contributed by atoms with Gasteiger partial charge in [0.15, 0.2) is 0 Å². The number of nitrogens with one attached hydrogen (secondary N) is 2. The highest BCUT2D eigenvalue weighted by Gasteiger charge is 2.11. The number of carbonyl (C=O) groups is 2. The third-order valence-electron chi connectivity index (χ3n) is 4.05. The maximum Gasteiger partial charge on any atom is 0.251 e. The Morgan fingerprint density at radius 3 is 2.44 bits per heavy atom. The van der Waals surface area contributed by atoms with Gasteiger partial charge in [0.25, 0.3) is 5.91 Å². The van der Waals surface area contributed by atoms with Crippen molar-refractivity contribution in [2.75, 3.05) is 6.54 Å². The molecule has 1 aromatic heterocycles. The molecular weight excluding hydrogens is 408 g/mol. The first kappa shape index (κ1) is 18.9. The molecule has 0 atom stereocenters. The third-order valence-corrected chi connectivity index (χ3v) is 4.58. The Kier molecular flexibility index (Phi) is 6.08. The van der Waals surface area contributed by atoms with Crippen molar-refractivity contribution in [1.29, 1.82) is 0 Å². The normalized spacial score (nSPS) is 10.4. The molecular formula is C21H19BrN2O3. The fraction of sp³-hybridized carbons (Fsp3) is 0.143. The van der Waals surface area contributed by atoms with E-state index in [1.54, 1.807) is 12.1 Å². The summed E-state index contributed by atoms with van der Waals surface area (Å²) in [6, 6.07) is 18.7. The molecule has 2 aromatic carbocycles. The molecule has 3 aromatic rings. The second-order valence-electron chi connectivity index (χ2n) is 6.05. The van der Waals surface area contributed by atoms with Crippen molar-refractivity contribution in [3.63, 3.8) is 0 Å². The van der Waals surface area contributed by atoms with Gasteiger partial charge in [0.2, 0.25) is 5.91 Å². The zero-order valence-corrected chi connectivity index (χ0v) is 16.4. The summed E-state index contributed by atoms with van der Waals surface area (Å²) in [5.74, 6) is 0.836. The van der Waals surface area contributed by atoms with Gasteiger partial charge < -0.3 is 15.1 Å². The standard InChI is InChI=1S/C21H19BrN2O3/c1-14-4-2-3-5-18(14)21(26)24-13-20(25)23-12-17-10-11-19(27-17)15-6-8-16(22)9-7-15/h2-11H,12-13H2,1H3,(H,23,25)(H,24,26). The predicted octanol–water partition coefficient (Wildman–Crippen LogP) is 4.06. The van der Waals surface area contributed by atoms with Crippen LogP contribution in [0.4, 0.5) is 0 Å². The number of aryl methyl sites for hydroxylation is 1. The average molecular weight is 427 g/mol. The molecule has 0 radical (unpaired) electrons. The minimum absolute atomic E-state index is 0.0898. The largest absolute Gasteiger partial charge is 0.459 e. The van der Waals surface area contributed by atoms with Gasteiger partial charge >= 0.3 is 0 Å². The maximum absolute atomic E-state index is 12.1. The van der Waals surface area contributed by atoms with Gasteiger partial charge in [-0.1, -0.05) is 46.3 Å². The highest BCUT2D eigenvalue weighted by molar-refractivity contribution is 9.10. The predicted molar refractivity (Wildman–Crippen MR) is 107 cm³/mol. The summed E-state index contributed by atoms with van der Waals surface area (Å²) in [4.78, 5) is 24.1. The van der Waals surface area contributed by atoms with Gasteiger partial charge in [0.05, 0.1) is 13.1 Å². The Balaban J connectivity index is 1.49. The van der Waals surface area contributed by atoms with Crippen LogP contribution in [0.2, 0.25) is 0 Å². The molecule has 2 amide bonds. The highest BCUT2D eigenvalue weighted by Crippen LogP contribution is 2.23. The van der Waals surface area contributed by atoms with Crippen molar-refractivity contribution in [3.05, 3.63) is 82.0 Å². The number of halogens is 1. The van der Waals surface area contributed by atoms with E-state index in [1.165, 1.54) is 0 Å². The van der Waals surface area contributed by atoms with E-state index in [4.69, 9.17) is 4.42 Å². The Morgan fingerprint density at radius 2 is 1.70 bits per heavy atom. The summed E-state index contributed by atoms with van der Waals surface area (Å²) in [5, 5.41) is 5.37. The summed E-state index contributed by atoms with van der Waals surface area (Å²) in [6.45, 7) is 2.03. The monoisotopic (exact) mass is 426 g/mol. The van der Waals surface area contributed by atoms with Gasteiger partial charge in [-0.25, -0.2) is 0 Å². The van der Waals surface area contributed by atoms with Crippen LogP contribution in [0, 0.1) is 6.92 Å². The van der Waals surface area contributed by atoms with E-state index in [2.05, 4.69) is 26.6 Å². The number of hydrogen-bond donors (Lipinski definition) is 2. The van der Waals surface area contributed by atoms with Gasteiger partial charge in [-0.2, -0.15) is 0 Å². The van der Waals surface area contributed by atoms with Crippen LogP contribution in [0.3, 0.4) is 0 Å². The molecule has 6 heteroatoms. The molecule has 0 saturated carbocycles. The Morgan fingerprint density at radius 1 is 0.963 bits per heavy atom. The molecule has 1 heterocycles. The zero-order chi connectivity index (χ0) is 19.2. The van der Waals surface area contributed by atoms with Crippen LogP contribution in [-0.2, 0) is 11.3 Å². The van der Waals surface area contributed by atoms with Gasteiger partial charge in [-0.3, -0.25) is 9.59 Å². The number of amides is 2. The first-order valence-electron chi connectivity index (χ1n) is 8.48. The van der Waals surface area contributed by atoms with Crippen molar-refractivity contribution in [1.82, 2.24) is 10.6 Å². The van der Waals surface area contributed by atoms with Crippen molar-refractivity contribution < 1.29 is 14.0 Å². The van der Waals surface area contributed by atoms with Gasteiger partial charge in [-0.05, 0) is 42.8 Å². The lowest BCUT2D eigenvalue weighted by atomic mass is 10.1. The molecule has 5 nitrogen and oxygen atoms in total. The Labute approximate surface area is 165 Å². The molecule has 0 bridgehead atoms. The van der Waals surface area contributed by atoms with Crippen LogP contribution in [0.1, 0.15) is 21.7 Å². The number of furan rings is 1. The van der Waals surface area contributed by atoms with Crippen LogP contribution in [0.15, 0.2) is 69.6 Å². The second kappa shape index (κ2) is 8.68. The molecule has 0 unspecified atom stereocenters. The van der Waals surface area contributed by atoms with Crippen LogP contribution in [-0.4, -0.2) is 18.4 Å². The molecule has 3 rings (SSSR count). The molecule has 0 aliphatic carbocycles. The Hall–Kier alpha value is -2.86. The summed E-state index contributed by atoms with van der Waals surface area (Å²) in [7, 11) is 0. The van der Waals surface area contributed by atoms with E-state index in [9.17, 15) is 9.59 Å². The van der Waals surface area contributed by atoms with E-state index in [0.717, 1.165) is 21.4 Å². The maximum atomic E-state index is 12.1. The average Bonchev–Trinajstić information content (AvgIpc) is 3.14. The lowest BCUT2D eigenvalue weighted by Gasteiger charge is -2.07. The lowest BCUT2D eigenvalue weighted by molar-refractivity contribution is -0.120. The van der Waals surface area contributed by atoms with Crippen LogP contribution < -0.4 is 10.6 Å². The first-order valence-corrected chi connectivity index (χ1v) is 9.27. The lowest BCUT2D eigenvalue weighted by Crippen LogP contribution is -2.36. The number of benzene rings is 2. The summed E-state index contributed by atoms with van der Waals surface area (Å²) < 4.78 is 6.75. The van der Waals surface area contributed by atoms with Crippen LogP contribution in [0.5, 0.6) is 0 Å². The van der Waals surface area contributed by atoms with Crippen molar-refractivity contribution in [3.8, 4) is 11.3 Å². The number of carbonyl (C=O) groups excluding carboxylic acids is 2. The van der Waals surface area contributed by atoms with Crippen LogP contribution >= 0.6 is 15.9 Å². The van der Waals surface area contributed by atoms with E-state index in [-0.39, 0.29) is 24.9 Å². The van der Waals surface area contributed by atoms with Gasteiger partial charge in [-0.15, -0.1) is 0 Å². The summed E-state index contributed by atoms with van der Waals surface area (Å²) in [5.41, 5.74) is 2.39. The van der Waals surface area contributed by atoms with E-state index in [0.29, 0.717) is 11.3 Å². The minimum Gasteiger partial charge on any atom is -0.459 e. The molecule has 0 saturated heterocycles. The van der Waals surface area contributed by atoms with E-state index in [1.807, 2.05) is 55.5 Å². The molecule has 0 fully saturated rings. The SMILES string of the molecule is Cc1ccccc1C(=O)NCC(=O)NCc1ccc(-c2ccc(Br)cc2)o1. The second-order valence-corrected chi connectivity index (χ2v) is 6.96. The minimum atomic E-state index is -0.279. The van der Waals surface area contributed by atoms with Crippen molar-refractivity contribution in [2.45, 2.75) is 13.5 Å². The van der Waals surface area contributed by atoms with Crippen molar-refractivity contribution in [2.24, 2.45) is 0 Å². The number of hydrogen-bond acceptors (Lipinski definition) is 3. The van der Waals surface area contributed by atoms with Crippen LogP contribution in [0.25, 0.3) is 11.3 Å². The quantitative estimate of drug-likeness (QED) is 0.623. The summed E-state index contributed by atoms with van der Waals surface area (Å²) in [6.07, 6.45) is 0. The molecule has 0 aliphatic rings. The van der Waals surface area contributed by atoms with E-state index < -0.39 is 0 Å². The molecule has 0 aliphatic heterocycles. The van der Waals surface area contributed by atoms with Crippen molar-refractivity contribution >= 4 is 27.7 Å². The van der Waals surface area contributed by atoms with E-state index >= 15 is 0 Å². The molecule has 0 spiro atoms. The fourth-order valence-electron chi connectivity index (χ4n) is 2.57. The van der Waals surface area contributed by atoms with Gasteiger partial charge in [0, 0.05) is 15.6 Å².